The number of hydrogen-bond acceptors (Lipinski definition) is 3. The first-order valence-electron chi connectivity index (χ1n) is 7.01. The zero-order chi connectivity index (χ0) is 14.5. The van der Waals surface area contributed by atoms with E-state index in [1.165, 1.54) is 0 Å². The molecule has 1 aromatic carbocycles. The summed E-state index contributed by atoms with van der Waals surface area (Å²) in [6, 6.07) is 7.83. The molecule has 2 N–H and O–H groups in total. The van der Waals surface area contributed by atoms with E-state index < -0.39 is 0 Å². The van der Waals surface area contributed by atoms with Gasteiger partial charge in [-0.25, -0.2) is 0 Å². The smallest absolute Gasteiger partial charge is 0.229 e. The third-order valence-electron chi connectivity index (χ3n) is 3.49. The molecule has 0 saturated heterocycles. The van der Waals surface area contributed by atoms with Gasteiger partial charge in [0.1, 0.15) is 5.75 Å². The van der Waals surface area contributed by atoms with E-state index in [2.05, 4.69) is 0 Å². The largest absolute Gasteiger partial charge is 0.494 e. The molecule has 2 rings (SSSR count). The molecule has 0 bridgehead atoms. The summed E-state index contributed by atoms with van der Waals surface area (Å²) in [6.07, 6.45) is 4.53. The molecule has 0 aliphatic heterocycles. The number of ether oxygens (including phenoxy) is 1. The van der Waals surface area contributed by atoms with Crippen molar-refractivity contribution < 1.29 is 9.53 Å². The lowest BCUT2D eigenvalue weighted by atomic mass is 10.1. The van der Waals surface area contributed by atoms with Crippen LogP contribution >= 0.6 is 0 Å². The molecule has 0 saturated carbocycles. The van der Waals surface area contributed by atoms with Gasteiger partial charge in [0, 0.05) is 25.2 Å². The maximum Gasteiger partial charge on any atom is 0.229 e. The van der Waals surface area contributed by atoms with Crippen molar-refractivity contribution in [2.75, 3.05) is 13.7 Å². The molecular weight excluding hydrogens is 252 g/mol. The molecule has 0 fully saturated rings. The van der Waals surface area contributed by atoms with Crippen LogP contribution in [0.4, 0.5) is 0 Å². The van der Waals surface area contributed by atoms with Crippen molar-refractivity contribution in [2.45, 2.75) is 25.9 Å². The molecule has 20 heavy (non-hydrogen) atoms. The SMILES string of the molecule is CCOc1ccccc1CN(C)C(=O)C1C=CC(N)C1. The number of hydrogen-bond donors (Lipinski definition) is 1. The van der Waals surface area contributed by atoms with Gasteiger partial charge in [0.05, 0.1) is 12.5 Å². The molecule has 1 aliphatic rings. The second kappa shape index (κ2) is 6.57. The lowest BCUT2D eigenvalue weighted by Gasteiger charge is -2.22. The molecule has 1 aliphatic carbocycles. The molecular formula is C16H22N2O2. The molecule has 2 unspecified atom stereocenters. The van der Waals surface area contributed by atoms with Crippen molar-refractivity contribution in [1.29, 1.82) is 0 Å². The van der Waals surface area contributed by atoms with Crippen molar-refractivity contribution in [3.63, 3.8) is 0 Å². The standard InChI is InChI=1S/C16H22N2O2/c1-3-20-15-7-5-4-6-13(15)11-18(2)16(19)12-8-9-14(17)10-12/h4-9,12,14H,3,10-11,17H2,1-2H3. The molecule has 0 spiro atoms. The Balaban J connectivity index is 2.02. The summed E-state index contributed by atoms with van der Waals surface area (Å²) in [4.78, 5) is 14.1. The second-order valence-electron chi connectivity index (χ2n) is 5.13. The molecule has 0 radical (unpaired) electrons. The minimum Gasteiger partial charge on any atom is -0.494 e. The molecule has 0 aromatic heterocycles. The highest BCUT2D eigenvalue weighted by atomic mass is 16.5. The van der Waals surface area contributed by atoms with Crippen molar-refractivity contribution in [3.8, 4) is 5.75 Å². The summed E-state index contributed by atoms with van der Waals surface area (Å²) in [5.74, 6) is 0.864. The van der Waals surface area contributed by atoms with E-state index >= 15 is 0 Å². The van der Waals surface area contributed by atoms with E-state index in [4.69, 9.17) is 10.5 Å². The van der Waals surface area contributed by atoms with Crippen LogP contribution in [-0.2, 0) is 11.3 Å². The number of benzene rings is 1. The fourth-order valence-corrected chi connectivity index (χ4v) is 2.46. The summed E-state index contributed by atoms with van der Waals surface area (Å²) < 4.78 is 5.59. The molecule has 2 atom stereocenters. The van der Waals surface area contributed by atoms with Gasteiger partial charge in [-0.1, -0.05) is 30.4 Å². The van der Waals surface area contributed by atoms with Crippen LogP contribution in [-0.4, -0.2) is 30.5 Å². The summed E-state index contributed by atoms with van der Waals surface area (Å²) in [5.41, 5.74) is 6.83. The number of amides is 1. The van der Waals surface area contributed by atoms with Crippen LogP contribution in [0.5, 0.6) is 5.75 Å². The highest BCUT2D eigenvalue weighted by Crippen LogP contribution is 2.22. The number of para-hydroxylation sites is 1. The monoisotopic (exact) mass is 274 g/mol. The third kappa shape index (κ3) is 3.39. The van der Waals surface area contributed by atoms with Gasteiger partial charge in [0.2, 0.25) is 5.91 Å². The van der Waals surface area contributed by atoms with Crippen LogP contribution in [0.1, 0.15) is 18.9 Å². The lowest BCUT2D eigenvalue weighted by Crippen LogP contribution is -2.32. The first-order chi connectivity index (χ1) is 9.61. The van der Waals surface area contributed by atoms with Crippen LogP contribution in [0.3, 0.4) is 0 Å². The zero-order valence-corrected chi connectivity index (χ0v) is 12.1. The Morgan fingerprint density at radius 3 is 2.80 bits per heavy atom. The first-order valence-corrected chi connectivity index (χ1v) is 7.01. The average Bonchev–Trinajstić information content (AvgIpc) is 2.87. The van der Waals surface area contributed by atoms with Crippen molar-refractivity contribution >= 4 is 5.91 Å². The van der Waals surface area contributed by atoms with Gasteiger partial charge in [-0.15, -0.1) is 0 Å². The van der Waals surface area contributed by atoms with Gasteiger partial charge in [0.25, 0.3) is 0 Å². The Labute approximate surface area is 120 Å². The molecule has 1 amide bonds. The lowest BCUT2D eigenvalue weighted by molar-refractivity contribution is -0.133. The van der Waals surface area contributed by atoms with Crippen molar-refractivity contribution in [2.24, 2.45) is 11.7 Å². The number of nitrogens with zero attached hydrogens (tertiary/aromatic N) is 1. The molecule has 1 aromatic rings. The quantitative estimate of drug-likeness (QED) is 0.835. The van der Waals surface area contributed by atoms with E-state index in [1.54, 1.807) is 4.90 Å². The Morgan fingerprint density at radius 1 is 1.40 bits per heavy atom. The number of carbonyl (C=O) groups excluding carboxylic acids is 1. The number of rotatable bonds is 5. The normalized spacial score (nSPS) is 20.9. The van der Waals surface area contributed by atoms with Gasteiger partial charge in [-0.05, 0) is 19.4 Å². The summed E-state index contributed by atoms with van der Waals surface area (Å²) in [7, 11) is 1.82. The average molecular weight is 274 g/mol. The Hall–Kier alpha value is -1.81. The van der Waals surface area contributed by atoms with Crippen LogP contribution in [0.25, 0.3) is 0 Å². The summed E-state index contributed by atoms with van der Waals surface area (Å²) >= 11 is 0. The summed E-state index contributed by atoms with van der Waals surface area (Å²) in [5, 5.41) is 0. The molecule has 4 heteroatoms. The van der Waals surface area contributed by atoms with Gasteiger partial charge in [-0.3, -0.25) is 4.79 Å². The number of carbonyl (C=O) groups is 1. The van der Waals surface area contributed by atoms with E-state index in [1.807, 2.05) is 50.4 Å². The predicted molar refractivity (Wildman–Crippen MR) is 79.3 cm³/mol. The topological polar surface area (TPSA) is 55.6 Å². The highest BCUT2D eigenvalue weighted by Gasteiger charge is 2.25. The fraction of sp³-hybridized carbons (Fsp3) is 0.438. The Kier molecular flexibility index (Phi) is 4.79. The van der Waals surface area contributed by atoms with Gasteiger partial charge in [0.15, 0.2) is 0 Å². The minimum absolute atomic E-state index is 0.00746. The first kappa shape index (κ1) is 14.6. The highest BCUT2D eigenvalue weighted by molar-refractivity contribution is 5.81. The van der Waals surface area contributed by atoms with Crippen LogP contribution < -0.4 is 10.5 Å². The maximum atomic E-state index is 12.3. The van der Waals surface area contributed by atoms with Crippen LogP contribution in [0, 0.1) is 5.92 Å². The third-order valence-corrected chi connectivity index (χ3v) is 3.49. The Bertz CT molecular complexity index is 499. The van der Waals surface area contributed by atoms with Gasteiger partial charge < -0.3 is 15.4 Å². The van der Waals surface area contributed by atoms with E-state index in [0.29, 0.717) is 19.6 Å². The molecule has 4 nitrogen and oxygen atoms in total. The molecule has 0 heterocycles. The van der Waals surface area contributed by atoms with Gasteiger partial charge >= 0.3 is 0 Å². The number of nitrogens with two attached hydrogens (primary N) is 1. The van der Waals surface area contributed by atoms with E-state index in [-0.39, 0.29) is 17.9 Å². The van der Waals surface area contributed by atoms with Crippen LogP contribution in [0.2, 0.25) is 0 Å². The van der Waals surface area contributed by atoms with Crippen molar-refractivity contribution in [3.05, 3.63) is 42.0 Å². The fourth-order valence-electron chi connectivity index (χ4n) is 2.46. The summed E-state index contributed by atoms with van der Waals surface area (Å²) in [6.45, 7) is 3.12. The zero-order valence-electron chi connectivity index (χ0n) is 12.1. The van der Waals surface area contributed by atoms with Crippen LogP contribution in [0.15, 0.2) is 36.4 Å². The second-order valence-corrected chi connectivity index (χ2v) is 5.13. The van der Waals surface area contributed by atoms with Gasteiger partial charge in [-0.2, -0.15) is 0 Å². The molecule has 108 valence electrons. The van der Waals surface area contributed by atoms with E-state index in [9.17, 15) is 4.79 Å². The Morgan fingerprint density at radius 2 is 2.15 bits per heavy atom. The van der Waals surface area contributed by atoms with E-state index in [0.717, 1.165) is 11.3 Å². The maximum absolute atomic E-state index is 12.3. The van der Waals surface area contributed by atoms with Crippen molar-refractivity contribution in [1.82, 2.24) is 4.90 Å². The predicted octanol–water partition coefficient (Wildman–Crippen LogP) is 1.95. The minimum atomic E-state index is -0.0887.